The Balaban J connectivity index is 0.890. The molecule has 6 N–H and O–H groups in total. The van der Waals surface area contributed by atoms with Crippen LogP contribution < -0.4 is 31.9 Å². The number of nitrogens with zero attached hydrogens (tertiary/aromatic N) is 2. The molecule has 21 heteroatoms. The summed E-state index contributed by atoms with van der Waals surface area (Å²) < 4.78 is 40.1. The van der Waals surface area contributed by atoms with Gasteiger partial charge in [-0.15, -0.1) is 23.5 Å². The molecular formula is C52H74N8O10S3. The first-order chi connectivity index (χ1) is 34.6. The van der Waals surface area contributed by atoms with E-state index >= 15 is 0 Å². The first kappa shape index (κ1) is 55.0. The van der Waals surface area contributed by atoms with Crippen LogP contribution in [0.4, 0.5) is 0 Å². The van der Waals surface area contributed by atoms with Gasteiger partial charge in [0.05, 0.1) is 71.8 Å². The molecule has 0 radical (unpaired) electrons. The maximum absolute atomic E-state index is 14.6. The molecule has 4 saturated heterocycles. The van der Waals surface area contributed by atoms with Crippen molar-refractivity contribution in [3.63, 3.8) is 0 Å². The van der Waals surface area contributed by atoms with Crippen LogP contribution in [0.25, 0.3) is 0 Å². The quantitative estimate of drug-likeness (QED) is 0.126. The minimum atomic E-state index is -3.71. The predicted octanol–water partition coefficient (Wildman–Crippen LogP) is 2.36. The van der Waals surface area contributed by atoms with Crippen LogP contribution in [0.15, 0.2) is 48.5 Å². The van der Waals surface area contributed by atoms with Crippen LogP contribution >= 0.6 is 23.5 Å². The van der Waals surface area contributed by atoms with Crippen LogP contribution in [0.1, 0.15) is 102 Å². The number of thioether (sulfide) groups is 2. The fourth-order valence-electron chi connectivity index (χ4n) is 11.5. The number of likely N-dealkylation sites (N-methyl/N-ethyl adjacent to an activating group) is 2. The summed E-state index contributed by atoms with van der Waals surface area (Å²) in [5.41, 5.74) is 2.51. The van der Waals surface area contributed by atoms with Crippen LogP contribution in [0.5, 0.6) is 0 Å². The molecule has 0 aromatic heterocycles. The van der Waals surface area contributed by atoms with Crippen molar-refractivity contribution in [3.8, 4) is 0 Å². The van der Waals surface area contributed by atoms with E-state index in [1.54, 1.807) is 61.3 Å². The summed E-state index contributed by atoms with van der Waals surface area (Å²) in [5, 5.41) is 17.6. The Morgan fingerprint density at radius 3 is 1.41 bits per heavy atom. The van der Waals surface area contributed by atoms with Crippen molar-refractivity contribution in [1.29, 1.82) is 0 Å². The lowest BCUT2D eigenvalue weighted by molar-refractivity contribution is -0.144. The Morgan fingerprint density at radius 2 is 1.03 bits per heavy atom. The number of ether oxygens (including phenoxy) is 2. The highest BCUT2D eigenvalue weighted by atomic mass is 32.2. The smallest absolute Gasteiger partial charge is 0.246 e. The molecule has 400 valence electrons. The molecule has 12 atom stereocenters. The molecule has 2 aliphatic carbocycles. The van der Waals surface area contributed by atoms with Gasteiger partial charge >= 0.3 is 0 Å². The minimum absolute atomic E-state index is 0.129. The second-order valence-electron chi connectivity index (χ2n) is 21.8. The lowest BCUT2D eigenvalue weighted by Gasteiger charge is -2.35. The summed E-state index contributed by atoms with van der Waals surface area (Å²) in [6.45, 7) is 11.1. The number of fused-ring (bicyclic) bond motifs is 4. The van der Waals surface area contributed by atoms with Crippen LogP contribution in [0.3, 0.4) is 0 Å². The Hall–Kier alpha value is -4.25. The first-order valence-corrected chi connectivity index (χ1v) is 29.6. The highest BCUT2D eigenvalue weighted by Crippen LogP contribution is 2.48. The average Bonchev–Trinajstić information content (AvgIpc) is 3.99. The number of carbonyl (C=O) groups is 6. The second-order valence-corrected chi connectivity index (χ2v) is 26.7. The van der Waals surface area contributed by atoms with Gasteiger partial charge in [-0.3, -0.25) is 28.8 Å². The monoisotopic (exact) mass is 1070 g/mol. The molecule has 0 unspecified atom stereocenters. The fraction of sp³-hybridized carbons (Fsp3) is 0.654. The number of hydrogen-bond acceptors (Lipinski definition) is 14. The molecule has 73 heavy (non-hydrogen) atoms. The minimum Gasteiger partial charge on any atom is -0.374 e. The van der Waals surface area contributed by atoms with E-state index in [-0.39, 0.29) is 70.9 Å². The van der Waals surface area contributed by atoms with Crippen molar-refractivity contribution in [3.05, 3.63) is 70.8 Å². The number of rotatable bonds is 18. The van der Waals surface area contributed by atoms with Crippen LogP contribution in [-0.4, -0.2) is 163 Å². The molecule has 2 aromatic rings. The lowest BCUT2D eigenvalue weighted by Crippen LogP contribution is -2.58. The van der Waals surface area contributed by atoms with E-state index < -0.39 is 81.2 Å². The van der Waals surface area contributed by atoms with Gasteiger partial charge in [-0.25, -0.2) is 8.42 Å². The van der Waals surface area contributed by atoms with Crippen LogP contribution in [-0.2, 0) is 60.9 Å². The van der Waals surface area contributed by atoms with Gasteiger partial charge in [-0.2, -0.15) is 0 Å². The van der Waals surface area contributed by atoms with Gasteiger partial charge in [0.15, 0.2) is 9.84 Å². The van der Waals surface area contributed by atoms with E-state index in [4.69, 9.17) is 9.47 Å². The lowest BCUT2D eigenvalue weighted by atomic mass is 9.83. The molecule has 6 amide bonds. The van der Waals surface area contributed by atoms with E-state index in [2.05, 4.69) is 31.9 Å². The van der Waals surface area contributed by atoms with Crippen molar-refractivity contribution in [1.82, 2.24) is 41.7 Å². The molecule has 0 saturated carbocycles. The van der Waals surface area contributed by atoms with Crippen molar-refractivity contribution < 1.29 is 46.7 Å². The van der Waals surface area contributed by atoms with Gasteiger partial charge in [0.25, 0.3) is 0 Å². The van der Waals surface area contributed by atoms with Gasteiger partial charge in [0, 0.05) is 12.8 Å². The number of amides is 6. The summed E-state index contributed by atoms with van der Waals surface area (Å²) in [6, 6.07) is 10.0. The topological polar surface area (TPSA) is 234 Å². The second kappa shape index (κ2) is 22.5. The third-order valence-electron chi connectivity index (χ3n) is 15.8. The van der Waals surface area contributed by atoms with Crippen LogP contribution in [0, 0.1) is 10.8 Å². The molecule has 2 aromatic carbocycles. The number of hydrogen-bond donors (Lipinski definition) is 6. The van der Waals surface area contributed by atoms with E-state index in [9.17, 15) is 37.2 Å². The van der Waals surface area contributed by atoms with Crippen LogP contribution in [0.2, 0.25) is 0 Å². The molecule has 0 bridgehead atoms. The third-order valence-corrected chi connectivity index (χ3v) is 19.9. The highest BCUT2D eigenvalue weighted by molar-refractivity contribution is 8.00. The normalized spacial score (nSPS) is 30.0. The van der Waals surface area contributed by atoms with E-state index in [1.807, 2.05) is 76.2 Å². The van der Waals surface area contributed by atoms with E-state index in [0.29, 0.717) is 50.0 Å². The Bertz CT molecular complexity index is 2370. The third kappa shape index (κ3) is 11.8. The summed E-state index contributed by atoms with van der Waals surface area (Å²) >= 11 is 3.24. The SMILES string of the molecule is CN[C@@H](C)C(=O)N[C@H]1CCS[C@H]2CC(C)(C)[C@@H](C(=O)N[C@H]3c4ccccc4C[C@H]3OCCS(=O)(=O)CCO[C@@H]3Cc4ccccc4[C@@H]3NC(=O)[C@H]3N4C(=O)[C@@H](NC(=O)[C@H](C)NC)CCS[C@H]4CC3(C)C)N2C1=O. The van der Waals surface area contributed by atoms with Gasteiger partial charge in [-0.1, -0.05) is 76.2 Å². The van der Waals surface area contributed by atoms with Crippen molar-refractivity contribution >= 4 is 68.8 Å². The zero-order valence-electron chi connectivity index (χ0n) is 43.2. The van der Waals surface area contributed by atoms with Crippen molar-refractivity contribution in [2.24, 2.45) is 10.8 Å². The van der Waals surface area contributed by atoms with Crippen molar-refractivity contribution in [2.75, 3.05) is 50.3 Å². The molecule has 4 heterocycles. The van der Waals surface area contributed by atoms with E-state index in [0.717, 1.165) is 22.3 Å². The summed E-state index contributed by atoms with van der Waals surface area (Å²) in [7, 11) is -0.353. The summed E-state index contributed by atoms with van der Waals surface area (Å²) in [5.74, 6) is -1.09. The number of nitrogens with one attached hydrogen (secondary N) is 6. The Labute approximate surface area is 438 Å². The fourth-order valence-corrected chi connectivity index (χ4v) is 15.6. The number of carbonyl (C=O) groups excluding carboxylic acids is 6. The zero-order chi connectivity index (χ0) is 52.6. The Morgan fingerprint density at radius 1 is 0.644 bits per heavy atom. The largest absolute Gasteiger partial charge is 0.374 e. The molecule has 0 spiro atoms. The molecular weight excluding hydrogens is 993 g/mol. The van der Waals surface area contributed by atoms with E-state index in [1.165, 1.54) is 0 Å². The zero-order valence-corrected chi connectivity index (χ0v) is 45.7. The molecule has 8 rings (SSSR count). The Kier molecular flexibility index (Phi) is 17.0. The number of sulfone groups is 1. The molecule has 4 aliphatic heterocycles. The maximum atomic E-state index is 14.6. The summed E-state index contributed by atoms with van der Waals surface area (Å²) in [4.78, 5) is 86.8. The van der Waals surface area contributed by atoms with Gasteiger partial charge in [0.2, 0.25) is 35.4 Å². The first-order valence-electron chi connectivity index (χ1n) is 25.7. The number of benzene rings is 2. The van der Waals surface area contributed by atoms with Gasteiger partial charge < -0.3 is 51.2 Å². The molecule has 18 nitrogen and oxygen atoms in total. The molecule has 6 aliphatic rings. The van der Waals surface area contributed by atoms with Crippen molar-refractivity contribution in [2.45, 2.75) is 151 Å². The standard InChI is InChI=1S/C52H74N8O10S3/c1-29(53-7)45(61)55-35-17-21-71-39-27-51(3,4)43(59(39)49(35)65)47(63)57-41-33-15-11-9-13-31(33)25-37(41)69-19-23-73(67,68)24-20-70-38-26-32-14-10-12-16-34(32)42(38)58-48(64)44-52(5,6)28-40-60(44)50(66)36(18-22-72-40)56-46(62)30(2)54-8/h9-16,29-30,35-44,53-54H,17-28H2,1-8H3,(H,55,61)(H,56,62)(H,57,63)(H,58,64)/t29-,30-,35-,36-,37+,38+,39-,40-,41-,42-,43+,44+/m0/s1. The average molecular weight is 1070 g/mol. The predicted molar refractivity (Wildman–Crippen MR) is 281 cm³/mol. The molecule has 4 fully saturated rings. The van der Waals surface area contributed by atoms with Gasteiger partial charge in [0.1, 0.15) is 24.2 Å². The maximum Gasteiger partial charge on any atom is 0.246 e. The summed E-state index contributed by atoms with van der Waals surface area (Å²) in [6.07, 6.45) is 1.84. The van der Waals surface area contributed by atoms with Gasteiger partial charge in [-0.05, 0) is 98.2 Å². The highest BCUT2D eigenvalue weighted by Gasteiger charge is 2.57.